The standard InChI is InChI=1S/C27H23NO5/c1-16-3-12-22-21(15-16)25(30)23-24(18-6-8-19(29)9-7-18)28(27(31)26(23)33-22)14-13-17-4-10-20(32-2)11-5-17/h3-12,15,24,29H,13-14H2,1-2H3/t24-/m0/s1. The van der Waals surface area contributed by atoms with Crippen molar-refractivity contribution in [1.29, 1.82) is 0 Å². The van der Waals surface area contributed by atoms with E-state index in [1.807, 2.05) is 37.3 Å². The molecule has 0 spiro atoms. The minimum absolute atomic E-state index is 0.0872. The number of hydrogen-bond donors (Lipinski definition) is 1. The Balaban J connectivity index is 1.60. The maximum atomic E-state index is 13.6. The van der Waals surface area contributed by atoms with E-state index >= 15 is 0 Å². The van der Waals surface area contributed by atoms with Gasteiger partial charge in [0.15, 0.2) is 5.43 Å². The molecule has 166 valence electrons. The van der Waals surface area contributed by atoms with Crippen LogP contribution in [0.2, 0.25) is 0 Å². The lowest BCUT2D eigenvalue weighted by Crippen LogP contribution is -2.31. The number of carbonyl (C=O) groups is 1. The van der Waals surface area contributed by atoms with Gasteiger partial charge in [-0.2, -0.15) is 0 Å². The monoisotopic (exact) mass is 441 g/mol. The first-order valence-corrected chi connectivity index (χ1v) is 10.8. The maximum absolute atomic E-state index is 13.6. The summed E-state index contributed by atoms with van der Waals surface area (Å²) in [6.45, 7) is 2.31. The molecule has 0 aliphatic carbocycles. The molecule has 1 amide bonds. The van der Waals surface area contributed by atoms with Crippen molar-refractivity contribution in [3.8, 4) is 11.5 Å². The minimum Gasteiger partial charge on any atom is -0.508 e. The Morgan fingerprint density at radius 2 is 1.73 bits per heavy atom. The molecule has 2 heterocycles. The van der Waals surface area contributed by atoms with E-state index in [0.29, 0.717) is 29.5 Å². The summed E-state index contributed by atoms with van der Waals surface area (Å²) in [5.41, 5.74) is 3.28. The minimum atomic E-state index is -0.590. The van der Waals surface area contributed by atoms with Crippen LogP contribution >= 0.6 is 0 Å². The fraction of sp³-hybridized carbons (Fsp3) is 0.185. The summed E-state index contributed by atoms with van der Waals surface area (Å²) < 4.78 is 11.2. The van der Waals surface area contributed by atoms with E-state index in [9.17, 15) is 14.7 Å². The van der Waals surface area contributed by atoms with Crippen molar-refractivity contribution < 1.29 is 19.1 Å². The van der Waals surface area contributed by atoms with Gasteiger partial charge in [-0.3, -0.25) is 9.59 Å². The Morgan fingerprint density at radius 3 is 2.42 bits per heavy atom. The van der Waals surface area contributed by atoms with Gasteiger partial charge in [0, 0.05) is 6.54 Å². The van der Waals surface area contributed by atoms with Gasteiger partial charge < -0.3 is 19.2 Å². The zero-order valence-electron chi connectivity index (χ0n) is 18.4. The Kier molecular flexibility index (Phi) is 5.13. The van der Waals surface area contributed by atoms with Crippen LogP contribution in [0.25, 0.3) is 11.0 Å². The third-order valence-corrected chi connectivity index (χ3v) is 6.13. The number of ether oxygens (including phenoxy) is 1. The number of rotatable bonds is 5. The molecule has 33 heavy (non-hydrogen) atoms. The number of hydrogen-bond acceptors (Lipinski definition) is 5. The van der Waals surface area contributed by atoms with Crippen LogP contribution in [0, 0.1) is 6.92 Å². The molecule has 6 nitrogen and oxygen atoms in total. The second-order valence-electron chi connectivity index (χ2n) is 8.26. The summed E-state index contributed by atoms with van der Waals surface area (Å²) in [7, 11) is 1.62. The van der Waals surface area contributed by atoms with Crippen molar-refractivity contribution >= 4 is 16.9 Å². The second-order valence-corrected chi connectivity index (χ2v) is 8.26. The van der Waals surface area contributed by atoms with Crippen LogP contribution in [0.5, 0.6) is 11.5 Å². The molecule has 5 rings (SSSR count). The van der Waals surface area contributed by atoms with Gasteiger partial charge in [-0.25, -0.2) is 0 Å². The second kappa shape index (κ2) is 8.13. The van der Waals surface area contributed by atoms with Gasteiger partial charge in [-0.1, -0.05) is 35.9 Å². The number of carbonyl (C=O) groups excluding carboxylic acids is 1. The highest BCUT2D eigenvalue weighted by molar-refractivity contribution is 5.99. The first kappa shape index (κ1) is 20.8. The normalized spacial score (nSPS) is 15.2. The smallest absolute Gasteiger partial charge is 0.290 e. The van der Waals surface area contributed by atoms with E-state index in [-0.39, 0.29) is 22.8 Å². The fourth-order valence-corrected chi connectivity index (χ4v) is 4.41. The number of methoxy groups -OCH3 is 1. The Bertz CT molecular complexity index is 1400. The van der Waals surface area contributed by atoms with Gasteiger partial charge in [0.2, 0.25) is 5.76 Å². The summed E-state index contributed by atoms with van der Waals surface area (Å²) >= 11 is 0. The molecule has 1 atom stereocenters. The lowest BCUT2D eigenvalue weighted by molar-refractivity contribution is 0.0730. The molecule has 0 bridgehead atoms. The van der Waals surface area contributed by atoms with Crippen LogP contribution in [-0.4, -0.2) is 29.6 Å². The maximum Gasteiger partial charge on any atom is 0.290 e. The molecule has 0 saturated heterocycles. The number of phenols is 1. The van der Waals surface area contributed by atoms with E-state index in [1.165, 1.54) is 0 Å². The predicted molar refractivity (Wildman–Crippen MR) is 125 cm³/mol. The topological polar surface area (TPSA) is 80.0 Å². The first-order valence-electron chi connectivity index (χ1n) is 10.8. The Hall–Kier alpha value is -4.06. The van der Waals surface area contributed by atoms with E-state index in [0.717, 1.165) is 22.4 Å². The highest BCUT2D eigenvalue weighted by Gasteiger charge is 2.42. The van der Waals surface area contributed by atoms with Crippen LogP contribution in [0.1, 0.15) is 38.9 Å². The molecule has 4 aromatic rings. The molecule has 1 aliphatic rings. The molecule has 1 N–H and O–H groups in total. The molecule has 0 fully saturated rings. The summed E-state index contributed by atoms with van der Waals surface area (Å²) in [6.07, 6.45) is 0.602. The number of aryl methyl sites for hydroxylation is 1. The largest absolute Gasteiger partial charge is 0.508 e. The molecular weight excluding hydrogens is 418 g/mol. The van der Waals surface area contributed by atoms with Crippen LogP contribution in [0.15, 0.2) is 75.9 Å². The lowest BCUT2D eigenvalue weighted by atomic mass is 9.98. The molecule has 1 aliphatic heterocycles. The van der Waals surface area contributed by atoms with Crippen LogP contribution in [0.3, 0.4) is 0 Å². The average Bonchev–Trinajstić information content (AvgIpc) is 3.11. The van der Waals surface area contributed by atoms with Gasteiger partial charge in [0.1, 0.15) is 17.1 Å². The van der Waals surface area contributed by atoms with Crippen molar-refractivity contribution in [2.75, 3.05) is 13.7 Å². The number of benzene rings is 3. The number of nitrogens with zero attached hydrogens (tertiary/aromatic N) is 1. The Labute approximate surface area is 190 Å². The zero-order valence-corrected chi connectivity index (χ0v) is 18.4. The van der Waals surface area contributed by atoms with Gasteiger partial charge >= 0.3 is 0 Å². The molecule has 0 unspecified atom stereocenters. The molecule has 0 saturated carbocycles. The lowest BCUT2D eigenvalue weighted by Gasteiger charge is -2.25. The van der Waals surface area contributed by atoms with E-state index in [1.54, 1.807) is 48.4 Å². The quantitative estimate of drug-likeness (QED) is 0.490. The summed E-state index contributed by atoms with van der Waals surface area (Å²) in [5.74, 6) is 0.664. The highest BCUT2D eigenvalue weighted by atomic mass is 16.5. The number of phenolic OH excluding ortho intramolecular Hbond substituents is 1. The molecule has 1 aromatic heterocycles. The van der Waals surface area contributed by atoms with Crippen molar-refractivity contribution in [2.45, 2.75) is 19.4 Å². The van der Waals surface area contributed by atoms with Gasteiger partial charge in [-0.15, -0.1) is 0 Å². The molecule has 3 aromatic carbocycles. The van der Waals surface area contributed by atoms with E-state index < -0.39 is 6.04 Å². The third-order valence-electron chi connectivity index (χ3n) is 6.13. The molecular formula is C27H23NO5. The SMILES string of the molecule is COc1ccc(CCN2C(=O)c3oc4ccc(C)cc4c(=O)c3[C@@H]2c2ccc(O)cc2)cc1. The van der Waals surface area contributed by atoms with Gasteiger partial charge in [0.25, 0.3) is 5.91 Å². The third kappa shape index (κ3) is 3.63. The van der Waals surface area contributed by atoms with Gasteiger partial charge in [-0.05, 0) is 60.9 Å². The molecule has 0 radical (unpaired) electrons. The average molecular weight is 441 g/mol. The zero-order chi connectivity index (χ0) is 23.1. The summed E-state index contributed by atoms with van der Waals surface area (Å²) in [6, 6.07) is 19.1. The van der Waals surface area contributed by atoms with E-state index in [4.69, 9.17) is 9.15 Å². The Morgan fingerprint density at radius 1 is 1.00 bits per heavy atom. The molecule has 6 heteroatoms. The van der Waals surface area contributed by atoms with Crippen molar-refractivity contribution in [2.24, 2.45) is 0 Å². The number of amides is 1. The summed E-state index contributed by atoms with van der Waals surface area (Å²) in [4.78, 5) is 28.7. The van der Waals surface area contributed by atoms with Crippen LogP contribution in [-0.2, 0) is 6.42 Å². The number of aromatic hydroxyl groups is 1. The van der Waals surface area contributed by atoms with Crippen molar-refractivity contribution in [3.05, 3.63) is 105 Å². The number of fused-ring (bicyclic) bond motifs is 2. The predicted octanol–water partition coefficient (Wildman–Crippen LogP) is 4.60. The van der Waals surface area contributed by atoms with Crippen LogP contribution < -0.4 is 10.2 Å². The fourth-order valence-electron chi connectivity index (χ4n) is 4.41. The van der Waals surface area contributed by atoms with E-state index in [2.05, 4.69) is 0 Å². The first-order chi connectivity index (χ1) is 16.0. The van der Waals surface area contributed by atoms with Crippen molar-refractivity contribution in [1.82, 2.24) is 4.90 Å². The highest BCUT2D eigenvalue weighted by Crippen LogP contribution is 2.38. The van der Waals surface area contributed by atoms with Gasteiger partial charge in [0.05, 0.1) is 24.1 Å². The van der Waals surface area contributed by atoms with Crippen LogP contribution in [0.4, 0.5) is 0 Å². The van der Waals surface area contributed by atoms with Crippen molar-refractivity contribution in [3.63, 3.8) is 0 Å². The summed E-state index contributed by atoms with van der Waals surface area (Å²) in [5, 5.41) is 10.2.